The number of imidazole rings is 1. The predicted octanol–water partition coefficient (Wildman–Crippen LogP) is 5.77. The number of para-hydroxylation sites is 1. The van der Waals surface area contributed by atoms with Gasteiger partial charge in [0, 0.05) is 23.3 Å². The van der Waals surface area contributed by atoms with Gasteiger partial charge in [-0.05, 0) is 85.6 Å². The number of aromatic nitrogens is 3. The van der Waals surface area contributed by atoms with Gasteiger partial charge in [0.1, 0.15) is 0 Å². The summed E-state index contributed by atoms with van der Waals surface area (Å²) in [6, 6.07) is 12.9. The molecule has 1 atom stereocenters. The zero-order chi connectivity index (χ0) is 20.1. The first kappa shape index (κ1) is 18.1. The Hall–Kier alpha value is -2.72. The van der Waals surface area contributed by atoms with E-state index < -0.39 is 6.10 Å². The van der Waals surface area contributed by atoms with Gasteiger partial charge in [-0.2, -0.15) is 0 Å². The molecule has 1 aromatic carbocycles. The first-order valence-corrected chi connectivity index (χ1v) is 11.3. The highest BCUT2D eigenvalue weighted by molar-refractivity contribution is 5.82. The summed E-state index contributed by atoms with van der Waals surface area (Å²) in [7, 11) is 0. The fourth-order valence-corrected chi connectivity index (χ4v) is 5.56. The van der Waals surface area contributed by atoms with Crippen molar-refractivity contribution < 1.29 is 5.11 Å². The lowest BCUT2D eigenvalue weighted by molar-refractivity contribution is 0.0811. The highest BCUT2D eigenvalue weighted by Crippen LogP contribution is 2.48. The first-order valence-electron chi connectivity index (χ1n) is 11.3. The van der Waals surface area contributed by atoms with Crippen LogP contribution in [-0.4, -0.2) is 19.5 Å². The number of pyridine rings is 2. The molecule has 2 fully saturated rings. The topological polar surface area (TPSA) is 50.4 Å². The number of hydrogen-bond acceptors (Lipinski definition) is 3. The largest absolute Gasteiger partial charge is 0.388 e. The SMILES string of the molecule is O[C@@H](c1c(C2CC2)ccn2cncc12)[C@H]1CC[C@H](c2ccnc3ccccc32)CC1. The van der Waals surface area contributed by atoms with Crippen LogP contribution in [0.15, 0.2) is 61.3 Å². The number of hydrogen-bond donors (Lipinski definition) is 1. The maximum atomic E-state index is 11.5. The van der Waals surface area contributed by atoms with Crippen molar-refractivity contribution in [1.82, 2.24) is 14.4 Å². The number of fused-ring (bicyclic) bond motifs is 2. The maximum Gasteiger partial charge on any atom is 0.0992 e. The Kier molecular flexibility index (Phi) is 4.34. The molecule has 4 aromatic rings. The van der Waals surface area contributed by atoms with Crippen molar-refractivity contribution >= 4 is 16.4 Å². The van der Waals surface area contributed by atoms with Crippen LogP contribution in [0.5, 0.6) is 0 Å². The van der Waals surface area contributed by atoms with Gasteiger partial charge in [-0.15, -0.1) is 0 Å². The number of rotatable bonds is 4. The minimum absolute atomic E-state index is 0.313. The van der Waals surface area contributed by atoms with Crippen LogP contribution in [0.2, 0.25) is 0 Å². The van der Waals surface area contributed by atoms with E-state index in [9.17, 15) is 5.11 Å². The Balaban J connectivity index is 1.27. The van der Waals surface area contributed by atoms with E-state index in [1.807, 2.05) is 18.7 Å². The van der Waals surface area contributed by atoms with Crippen LogP contribution in [0.1, 0.15) is 73.2 Å². The summed E-state index contributed by atoms with van der Waals surface area (Å²) < 4.78 is 2.05. The van der Waals surface area contributed by atoms with Crippen molar-refractivity contribution in [3.63, 3.8) is 0 Å². The zero-order valence-corrected chi connectivity index (χ0v) is 17.1. The van der Waals surface area contributed by atoms with E-state index >= 15 is 0 Å². The van der Waals surface area contributed by atoms with Gasteiger partial charge in [-0.1, -0.05) is 18.2 Å². The fourth-order valence-electron chi connectivity index (χ4n) is 5.56. The van der Waals surface area contributed by atoms with Gasteiger partial charge in [0.15, 0.2) is 0 Å². The van der Waals surface area contributed by atoms with E-state index in [1.165, 1.54) is 29.4 Å². The van der Waals surface area contributed by atoms with Crippen molar-refractivity contribution in [2.75, 3.05) is 0 Å². The second-order valence-corrected chi connectivity index (χ2v) is 9.12. The number of aliphatic hydroxyl groups excluding tert-OH is 1. The monoisotopic (exact) mass is 397 g/mol. The quantitative estimate of drug-likeness (QED) is 0.476. The molecule has 4 nitrogen and oxygen atoms in total. The lowest BCUT2D eigenvalue weighted by atomic mass is 9.74. The Labute approximate surface area is 176 Å². The third-order valence-electron chi connectivity index (χ3n) is 7.32. The zero-order valence-electron chi connectivity index (χ0n) is 17.1. The summed E-state index contributed by atoms with van der Waals surface area (Å²) in [4.78, 5) is 8.86. The van der Waals surface area contributed by atoms with Crippen LogP contribution in [0.3, 0.4) is 0 Å². The molecule has 0 unspecified atom stereocenters. The molecule has 152 valence electrons. The molecule has 3 aromatic heterocycles. The highest BCUT2D eigenvalue weighted by Gasteiger charge is 2.34. The smallest absolute Gasteiger partial charge is 0.0992 e. The molecule has 0 amide bonds. The summed E-state index contributed by atoms with van der Waals surface area (Å²) >= 11 is 0. The van der Waals surface area contributed by atoms with Crippen LogP contribution >= 0.6 is 0 Å². The molecular formula is C26H27N3O. The first-order chi connectivity index (χ1) is 14.8. The van der Waals surface area contributed by atoms with E-state index in [0.717, 1.165) is 42.3 Å². The summed E-state index contributed by atoms with van der Waals surface area (Å²) in [5, 5.41) is 12.8. The lowest BCUT2D eigenvalue weighted by Crippen LogP contribution is -2.21. The van der Waals surface area contributed by atoms with E-state index in [4.69, 9.17) is 0 Å². The third kappa shape index (κ3) is 3.02. The standard InChI is InChI=1S/C26H27N3O/c30-26(25-21(18-5-6-18)12-14-29-16-27-15-24(25)29)19-9-7-17(8-10-19)20-11-13-28-23-4-2-1-3-22(20)23/h1-4,11-19,26,30H,5-10H2/t17-,19-,26-/m1/s1. The van der Waals surface area contributed by atoms with Gasteiger partial charge in [-0.25, -0.2) is 4.98 Å². The average molecular weight is 398 g/mol. The van der Waals surface area contributed by atoms with E-state index in [1.54, 1.807) is 0 Å². The Morgan fingerprint density at radius 1 is 0.900 bits per heavy atom. The Morgan fingerprint density at radius 2 is 1.67 bits per heavy atom. The maximum absolute atomic E-state index is 11.5. The number of benzene rings is 1. The van der Waals surface area contributed by atoms with Gasteiger partial charge in [-0.3, -0.25) is 4.98 Å². The van der Waals surface area contributed by atoms with Crippen LogP contribution in [0.4, 0.5) is 0 Å². The lowest BCUT2D eigenvalue weighted by Gasteiger charge is -2.33. The summed E-state index contributed by atoms with van der Waals surface area (Å²) in [6.45, 7) is 0. The minimum Gasteiger partial charge on any atom is -0.388 e. The van der Waals surface area contributed by atoms with Crippen molar-refractivity contribution in [1.29, 1.82) is 0 Å². The number of nitrogens with zero attached hydrogens (tertiary/aromatic N) is 3. The average Bonchev–Trinajstić information content (AvgIpc) is 3.54. The molecule has 30 heavy (non-hydrogen) atoms. The summed E-state index contributed by atoms with van der Waals surface area (Å²) in [5.74, 6) is 1.48. The molecule has 0 bridgehead atoms. The minimum atomic E-state index is -0.406. The molecule has 0 spiro atoms. The van der Waals surface area contributed by atoms with Gasteiger partial charge in [0.2, 0.25) is 0 Å². The Bertz CT molecular complexity index is 1200. The molecule has 2 aliphatic carbocycles. The molecule has 4 heteroatoms. The van der Waals surface area contributed by atoms with Gasteiger partial charge in [0.05, 0.1) is 29.7 Å². The third-order valence-corrected chi connectivity index (χ3v) is 7.32. The van der Waals surface area contributed by atoms with Crippen LogP contribution in [-0.2, 0) is 0 Å². The van der Waals surface area contributed by atoms with E-state index in [2.05, 4.69) is 57.0 Å². The predicted molar refractivity (Wildman–Crippen MR) is 119 cm³/mol. The van der Waals surface area contributed by atoms with Crippen LogP contribution < -0.4 is 0 Å². The molecular weight excluding hydrogens is 370 g/mol. The molecule has 0 aliphatic heterocycles. The van der Waals surface area contributed by atoms with Gasteiger partial charge >= 0.3 is 0 Å². The molecule has 6 rings (SSSR count). The van der Waals surface area contributed by atoms with Gasteiger partial charge < -0.3 is 9.51 Å². The van der Waals surface area contributed by atoms with E-state index in [0.29, 0.717) is 17.8 Å². The van der Waals surface area contributed by atoms with Crippen molar-refractivity contribution in [2.45, 2.75) is 56.5 Å². The molecule has 0 radical (unpaired) electrons. The van der Waals surface area contributed by atoms with E-state index in [-0.39, 0.29) is 0 Å². The molecule has 1 N–H and O–H groups in total. The van der Waals surface area contributed by atoms with Crippen molar-refractivity contribution in [3.05, 3.63) is 78.0 Å². The Morgan fingerprint density at radius 3 is 2.50 bits per heavy atom. The second-order valence-electron chi connectivity index (χ2n) is 9.12. The van der Waals surface area contributed by atoms with Crippen LogP contribution in [0, 0.1) is 5.92 Å². The highest BCUT2D eigenvalue weighted by atomic mass is 16.3. The summed E-state index contributed by atoms with van der Waals surface area (Å²) in [5.41, 5.74) is 6.06. The van der Waals surface area contributed by atoms with Crippen molar-refractivity contribution in [2.24, 2.45) is 5.92 Å². The summed E-state index contributed by atoms with van der Waals surface area (Å²) in [6.07, 6.45) is 14.2. The molecule has 3 heterocycles. The second kappa shape index (κ2) is 7.21. The van der Waals surface area contributed by atoms with Crippen molar-refractivity contribution in [3.8, 4) is 0 Å². The molecule has 2 saturated carbocycles. The van der Waals surface area contributed by atoms with Gasteiger partial charge in [0.25, 0.3) is 0 Å². The number of aliphatic hydroxyl groups is 1. The fraction of sp³-hybridized carbons (Fsp3) is 0.385. The normalized spacial score (nSPS) is 23.1. The molecule has 2 aliphatic rings. The molecule has 0 saturated heterocycles. The van der Waals surface area contributed by atoms with Crippen LogP contribution in [0.25, 0.3) is 16.4 Å².